The molecule has 0 aliphatic carbocycles. The lowest BCUT2D eigenvalue weighted by Crippen LogP contribution is -2.35. The lowest BCUT2D eigenvalue weighted by atomic mass is 10.1. The van der Waals surface area contributed by atoms with Gasteiger partial charge >= 0.3 is 0 Å². The Balaban J connectivity index is 2.48. The van der Waals surface area contributed by atoms with Crippen LogP contribution in [0.5, 0.6) is 0 Å². The van der Waals surface area contributed by atoms with Crippen molar-refractivity contribution in [3.05, 3.63) is 35.4 Å². The summed E-state index contributed by atoms with van der Waals surface area (Å²) in [5.74, 6) is 0.493. The maximum Gasteiger partial charge on any atom is 0.0900 e. The zero-order valence-electron chi connectivity index (χ0n) is 15.1. The Kier molecular flexibility index (Phi) is 10.1. The van der Waals surface area contributed by atoms with Gasteiger partial charge in [0.2, 0.25) is 0 Å². The Hall–Kier alpha value is -0.940. The molecule has 0 unspecified atom stereocenters. The van der Waals surface area contributed by atoms with Crippen molar-refractivity contribution in [1.29, 1.82) is 0 Å². The first kappa shape index (κ1) is 20.1. The van der Waals surface area contributed by atoms with Crippen LogP contribution in [0.1, 0.15) is 31.4 Å². The van der Waals surface area contributed by atoms with E-state index in [2.05, 4.69) is 49.9 Å². The van der Waals surface area contributed by atoms with Crippen molar-refractivity contribution >= 4 is 0 Å². The number of aliphatic hydroxyl groups excluding tert-OH is 1. The highest BCUT2D eigenvalue weighted by molar-refractivity contribution is 5.21. The normalized spacial score (nSPS) is 13.0. The van der Waals surface area contributed by atoms with Crippen LogP contribution in [-0.4, -0.2) is 56.1 Å². The minimum Gasteiger partial charge on any atom is -0.389 e. The van der Waals surface area contributed by atoms with E-state index >= 15 is 0 Å². The number of hydrogen-bond donors (Lipinski definition) is 1. The standard InChI is InChI=1S/C19H33NO3/c1-16(2)14-23-15-19(21)13-20(10-5-11-22-4)12-18-8-6-17(3)7-9-18/h6-9,16,19,21H,5,10-15H2,1-4H3/t19-/m0/s1. The molecule has 0 radical (unpaired) electrons. The number of ether oxygens (including phenoxy) is 2. The molecule has 1 aromatic rings. The maximum atomic E-state index is 10.2. The van der Waals surface area contributed by atoms with Gasteiger partial charge in [0.25, 0.3) is 0 Å². The summed E-state index contributed by atoms with van der Waals surface area (Å²) in [6.07, 6.45) is 0.504. The number of nitrogens with zero attached hydrogens (tertiary/aromatic N) is 1. The van der Waals surface area contributed by atoms with Crippen LogP contribution in [-0.2, 0) is 16.0 Å². The number of aryl methyl sites for hydroxylation is 1. The fraction of sp³-hybridized carbons (Fsp3) is 0.684. The van der Waals surface area contributed by atoms with Crippen molar-refractivity contribution in [2.45, 2.75) is 39.8 Å². The van der Waals surface area contributed by atoms with E-state index in [1.807, 2.05) is 0 Å². The van der Waals surface area contributed by atoms with Crippen LogP contribution in [0.25, 0.3) is 0 Å². The van der Waals surface area contributed by atoms with Crippen molar-refractivity contribution in [1.82, 2.24) is 4.90 Å². The van der Waals surface area contributed by atoms with Crippen LogP contribution in [0.2, 0.25) is 0 Å². The highest BCUT2D eigenvalue weighted by Crippen LogP contribution is 2.09. The van der Waals surface area contributed by atoms with Crippen molar-refractivity contribution in [2.75, 3.05) is 40.0 Å². The predicted molar refractivity (Wildman–Crippen MR) is 94.6 cm³/mol. The molecule has 0 saturated carbocycles. The highest BCUT2D eigenvalue weighted by Gasteiger charge is 2.13. The molecule has 23 heavy (non-hydrogen) atoms. The third-order valence-corrected chi connectivity index (χ3v) is 3.58. The number of hydrogen-bond acceptors (Lipinski definition) is 4. The van der Waals surface area contributed by atoms with Crippen molar-refractivity contribution in [3.63, 3.8) is 0 Å². The van der Waals surface area contributed by atoms with Crippen LogP contribution in [0.15, 0.2) is 24.3 Å². The number of aliphatic hydroxyl groups is 1. The van der Waals surface area contributed by atoms with Gasteiger partial charge in [0.15, 0.2) is 0 Å². The molecule has 4 heteroatoms. The van der Waals surface area contributed by atoms with Gasteiger partial charge in [-0.3, -0.25) is 4.90 Å². The number of benzene rings is 1. The summed E-state index contributed by atoms with van der Waals surface area (Å²) in [5, 5.41) is 10.2. The van der Waals surface area contributed by atoms with Gasteiger partial charge in [-0.1, -0.05) is 43.7 Å². The number of methoxy groups -OCH3 is 1. The first-order valence-electron chi connectivity index (χ1n) is 8.54. The summed E-state index contributed by atoms with van der Waals surface area (Å²) in [7, 11) is 1.72. The quantitative estimate of drug-likeness (QED) is 0.601. The summed E-state index contributed by atoms with van der Waals surface area (Å²) in [4.78, 5) is 2.27. The molecule has 1 rings (SSSR count). The molecule has 132 valence electrons. The fourth-order valence-electron chi connectivity index (χ4n) is 2.41. The van der Waals surface area contributed by atoms with Gasteiger partial charge < -0.3 is 14.6 Å². The van der Waals surface area contributed by atoms with Gasteiger partial charge in [-0.25, -0.2) is 0 Å². The molecule has 0 bridgehead atoms. The van der Waals surface area contributed by atoms with Gasteiger partial charge in [0, 0.05) is 40.0 Å². The van der Waals surface area contributed by atoms with E-state index in [9.17, 15) is 5.11 Å². The van der Waals surface area contributed by atoms with E-state index in [-0.39, 0.29) is 0 Å². The van der Waals surface area contributed by atoms with E-state index in [1.165, 1.54) is 11.1 Å². The zero-order chi connectivity index (χ0) is 17.1. The third kappa shape index (κ3) is 9.72. The summed E-state index contributed by atoms with van der Waals surface area (Å²) in [5.41, 5.74) is 2.53. The summed E-state index contributed by atoms with van der Waals surface area (Å²) < 4.78 is 10.7. The van der Waals surface area contributed by atoms with Crippen molar-refractivity contribution < 1.29 is 14.6 Å². The summed E-state index contributed by atoms with van der Waals surface area (Å²) in [6.45, 7) is 10.5. The Morgan fingerprint density at radius 3 is 2.43 bits per heavy atom. The fourth-order valence-corrected chi connectivity index (χ4v) is 2.41. The topological polar surface area (TPSA) is 41.9 Å². The van der Waals surface area contributed by atoms with Gasteiger partial charge in [0.1, 0.15) is 0 Å². The highest BCUT2D eigenvalue weighted by atomic mass is 16.5. The SMILES string of the molecule is COCCCN(Cc1ccc(C)cc1)C[C@H](O)COCC(C)C. The van der Waals surface area contributed by atoms with Gasteiger partial charge in [-0.05, 0) is 24.8 Å². The second kappa shape index (κ2) is 11.6. The third-order valence-electron chi connectivity index (χ3n) is 3.58. The van der Waals surface area contributed by atoms with Crippen molar-refractivity contribution in [2.24, 2.45) is 5.92 Å². The first-order valence-corrected chi connectivity index (χ1v) is 8.54. The van der Waals surface area contributed by atoms with Crippen LogP contribution in [0, 0.1) is 12.8 Å². The van der Waals surface area contributed by atoms with E-state index in [0.29, 0.717) is 25.7 Å². The maximum absolute atomic E-state index is 10.2. The molecule has 0 saturated heterocycles. The average Bonchev–Trinajstić information content (AvgIpc) is 2.49. The molecule has 0 aliphatic rings. The van der Waals surface area contributed by atoms with E-state index in [4.69, 9.17) is 9.47 Å². The van der Waals surface area contributed by atoms with Gasteiger partial charge in [-0.15, -0.1) is 0 Å². The van der Waals surface area contributed by atoms with Crippen LogP contribution in [0.3, 0.4) is 0 Å². The molecule has 0 spiro atoms. The molecule has 0 aliphatic heterocycles. The smallest absolute Gasteiger partial charge is 0.0900 e. The molecule has 1 aromatic carbocycles. The Labute approximate surface area is 141 Å². The zero-order valence-corrected chi connectivity index (χ0v) is 15.1. The molecule has 0 aromatic heterocycles. The van der Waals surface area contributed by atoms with E-state index in [1.54, 1.807) is 7.11 Å². The van der Waals surface area contributed by atoms with Crippen LogP contribution < -0.4 is 0 Å². The van der Waals surface area contributed by atoms with Crippen LogP contribution in [0.4, 0.5) is 0 Å². The molecule has 0 fully saturated rings. The van der Waals surface area contributed by atoms with Gasteiger partial charge in [0.05, 0.1) is 12.7 Å². The average molecular weight is 323 g/mol. The van der Waals surface area contributed by atoms with E-state index < -0.39 is 6.10 Å². The Morgan fingerprint density at radius 2 is 1.83 bits per heavy atom. The summed E-state index contributed by atoms with van der Waals surface area (Å²) in [6, 6.07) is 8.57. The second-order valence-corrected chi connectivity index (χ2v) is 6.65. The lowest BCUT2D eigenvalue weighted by Gasteiger charge is -2.25. The monoisotopic (exact) mass is 323 g/mol. The Morgan fingerprint density at radius 1 is 1.13 bits per heavy atom. The molecular weight excluding hydrogens is 290 g/mol. The lowest BCUT2D eigenvalue weighted by molar-refractivity contribution is 0.00581. The molecule has 1 atom stereocenters. The minimum atomic E-state index is -0.457. The largest absolute Gasteiger partial charge is 0.389 e. The van der Waals surface area contributed by atoms with Crippen molar-refractivity contribution in [3.8, 4) is 0 Å². The molecule has 0 heterocycles. The van der Waals surface area contributed by atoms with Crippen LogP contribution >= 0.6 is 0 Å². The van der Waals surface area contributed by atoms with E-state index in [0.717, 1.165) is 26.1 Å². The molecular formula is C19H33NO3. The first-order chi connectivity index (χ1) is 11.0. The summed E-state index contributed by atoms with van der Waals surface area (Å²) >= 11 is 0. The molecule has 4 nitrogen and oxygen atoms in total. The molecule has 1 N–H and O–H groups in total. The van der Waals surface area contributed by atoms with Gasteiger partial charge in [-0.2, -0.15) is 0 Å². The Bertz CT molecular complexity index is 406. The number of rotatable bonds is 12. The second-order valence-electron chi connectivity index (χ2n) is 6.65. The predicted octanol–water partition coefficient (Wildman–Crippen LogP) is 2.87. The minimum absolute atomic E-state index is 0.396. The molecule has 0 amide bonds.